The van der Waals surface area contributed by atoms with E-state index >= 15 is 0 Å². The molecule has 0 atom stereocenters. The first kappa shape index (κ1) is 28.6. The molecule has 0 aliphatic carbocycles. The Morgan fingerprint density at radius 3 is 1.15 bits per heavy atom. The molecular weight excluding hydrogens is 318 g/mol. The zero-order valence-electron chi connectivity index (χ0n) is 8.94. The summed E-state index contributed by atoms with van der Waals surface area (Å²) < 4.78 is 0. The summed E-state index contributed by atoms with van der Waals surface area (Å²) >= 11 is 0. The Labute approximate surface area is 177 Å². The average Bonchev–Trinajstić information content (AvgIpc) is 2.15. The van der Waals surface area contributed by atoms with Gasteiger partial charge in [-0.25, -0.2) is 9.59 Å². The quantitative estimate of drug-likeness (QED) is 0.266. The molecule has 0 aromatic rings. The number of aliphatic carboxylic acids is 4. The van der Waals surface area contributed by atoms with Crippen LogP contribution >= 0.6 is 0 Å². The second-order valence-electron chi connectivity index (χ2n) is 3.03. The van der Waals surface area contributed by atoms with Crippen LogP contribution in [-0.2, 0) is 19.2 Å². The summed E-state index contributed by atoms with van der Waals surface area (Å²) in [6.45, 7) is -0.778. The van der Waals surface area contributed by atoms with E-state index in [9.17, 15) is 14.4 Å². The van der Waals surface area contributed by atoms with Crippen LogP contribution in [0.3, 0.4) is 0 Å². The molecule has 0 aromatic heterocycles. The van der Waals surface area contributed by atoms with Crippen molar-refractivity contribution in [2.45, 2.75) is 18.4 Å². The van der Waals surface area contributed by atoms with Crippen molar-refractivity contribution in [3.63, 3.8) is 0 Å². The zero-order chi connectivity index (χ0) is 14.9. The molecule has 0 aromatic carbocycles. The molecule has 12 heteroatoms. The van der Waals surface area contributed by atoms with E-state index < -0.39 is 48.9 Å². The zero-order valence-corrected chi connectivity index (χ0v) is 8.94. The summed E-state index contributed by atoms with van der Waals surface area (Å²) in [4.78, 5) is 39.6. The Kier molecular flexibility index (Phi) is 20.5. The molecule has 108 valence electrons. The van der Waals surface area contributed by atoms with Crippen molar-refractivity contribution in [3.05, 3.63) is 0 Å². The van der Waals surface area contributed by atoms with E-state index in [0.29, 0.717) is 0 Å². The number of rotatable bonds is 6. The van der Waals surface area contributed by atoms with Crippen molar-refractivity contribution in [3.8, 4) is 0 Å². The molecule has 0 radical (unpaired) electrons. The van der Waals surface area contributed by atoms with Crippen molar-refractivity contribution in [1.82, 2.24) is 0 Å². The predicted molar refractivity (Wildman–Crippen MR) is 66.1 cm³/mol. The molecule has 0 amide bonds. The molecule has 10 nitrogen and oxygen atoms in total. The van der Waals surface area contributed by atoms with Crippen molar-refractivity contribution in [2.75, 3.05) is 6.61 Å². The molecule has 0 unspecified atom stereocenters. The fourth-order valence-electron chi connectivity index (χ4n) is 0.714. The second kappa shape index (κ2) is 14.4. The predicted octanol–water partition coefficient (Wildman–Crippen LogP) is -3.48. The third-order valence-corrected chi connectivity index (χ3v) is 1.42. The summed E-state index contributed by atoms with van der Waals surface area (Å²) in [5.41, 5.74) is -2.74. The van der Waals surface area contributed by atoms with Gasteiger partial charge in [0.05, 0.1) is 12.8 Å². The second-order valence-corrected chi connectivity index (χ2v) is 3.03. The molecule has 6 N–H and O–H groups in total. The third-order valence-electron chi connectivity index (χ3n) is 1.42. The van der Waals surface area contributed by atoms with Crippen LogP contribution in [0.25, 0.3) is 0 Å². The summed E-state index contributed by atoms with van der Waals surface area (Å²) in [7, 11) is 0. The maximum atomic E-state index is 10.3. The Bertz CT molecular complexity index is 328. The van der Waals surface area contributed by atoms with Gasteiger partial charge in [0.15, 0.2) is 5.60 Å². The Balaban J connectivity index is -0.000000158. The number of hydrogen-bond acceptors (Lipinski definition) is 6. The summed E-state index contributed by atoms with van der Waals surface area (Å²) in [5.74, 6) is -6.21. The van der Waals surface area contributed by atoms with Crippen LogP contribution in [0.2, 0.25) is 0 Å². The number of hydrogen-bond donors (Lipinski definition) is 6. The maximum absolute atomic E-state index is 10.3. The van der Waals surface area contributed by atoms with Gasteiger partial charge in [0.25, 0.3) is 0 Å². The topological polar surface area (TPSA) is 190 Å². The van der Waals surface area contributed by atoms with E-state index in [1.54, 1.807) is 0 Å². The molecular formula is C8H14KNaO10. The van der Waals surface area contributed by atoms with Gasteiger partial charge < -0.3 is 30.6 Å². The van der Waals surface area contributed by atoms with Crippen LogP contribution in [0, 0.1) is 0 Å². The van der Waals surface area contributed by atoms with Crippen molar-refractivity contribution in [2.24, 2.45) is 0 Å². The molecule has 0 saturated heterocycles. The van der Waals surface area contributed by atoms with Crippen LogP contribution in [0.1, 0.15) is 12.8 Å². The van der Waals surface area contributed by atoms with Gasteiger partial charge in [-0.2, -0.15) is 0 Å². The summed E-state index contributed by atoms with van der Waals surface area (Å²) in [6, 6.07) is 0. The van der Waals surface area contributed by atoms with Crippen LogP contribution in [0.5, 0.6) is 0 Å². The third kappa shape index (κ3) is 16.5. The first-order valence-corrected chi connectivity index (χ1v) is 4.27. The van der Waals surface area contributed by atoms with Crippen LogP contribution < -0.4 is 0 Å². The number of carboxylic acids is 4. The van der Waals surface area contributed by atoms with Crippen LogP contribution in [0.15, 0.2) is 0 Å². The van der Waals surface area contributed by atoms with Gasteiger partial charge >= 0.3 is 105 Å². The van der Waals surface area contributed by atoms with Gasteiger partial charge in [0, 0.05) is 0 Å². The normalized spacial score (nSPS) is 8.90. The Hall–Kier alpha value is 0.436. The van der Waals surface area contributed by atoms with Crippen molar-refractivity contribution in [1.29, 1.82) is 0 Å². The monoisotopic (exact) mass is 332 g/mol. The summed E-state index contributed by atoms with van der Waals surface area (Å²) in [5, 5.41) is 48.8. The van der Waals surface area contributed by atoms with E-state index in [0.717, 1.165) is 0 Å². The molecule has 0 rings (SSSR count). The first-order chi connectivity index (χ1) is 8.05. The average molecular weight is 332 g/mol. The van der Waals surface area contributed by atoms with E-state index in [4.69, 9.17) is 35.4 Å². The number of aliphatic hydroxyl groups excluding tert-OH is 1. The molecule has 20 heavy (non-hydrogen) atoms. The molecule has 0 bridgehead atoms. The minimum atomic E-state index is -2.74. The first-order valence-electron chi connectivity index (χ1n) is 4.27. The van der Waals surface area contributed by atoms with Crippen molar-refractivity contribution < 1.29 is 49.8 Å². The molecule has 0 aliphatic heterocycles. The van der Waals surface area contributed by atoms with Gasteiger partial charge in [0.2, 0.25) is 0 Å². The fraction of sp³-hybridized carbons (Fsp3) is 0.500. The number of aliphatic hydroxyl groups is 2. The fourth-order valence-corrected chi connectivity index (χ4v) is 0.714. The standard InChI is InChI=1S/C6H8O7.C2H4O3.K.Na.2H/c7-3(8)1-6(13,5(11)12)2-4(9)10;3-1-2(4)5;;;;/h13H,1-2H2,(H,7,8)(H,9,10)(H,11,12);3H,1H2,(H,4,5);;;;. The minimum absolute atomic E-state index is 0. The molecule has 0 saturated carbocycles. The SMILES string of the molecule is O=C(O)CC(O)(CC(=O)O)C(=O)O.O=C(O)CO.[KH].[NaH]. The molecule has 0 heterocycles. The van der Waals surface area contributed by atoms with Crippen LogP contribution in [0.4, 0.5) is 0 Å². The van der Waals surface area contributed by atoms with Gasteiger partial charge in [-0.3, -0.25) is 9.59 Å². The van der Waals surface area contributed by atoms with E-state index in [2.05, 4.69) is 0 Å². The number of carboxylic acid groups (broad SMARTS) is 4. The number of carbonyl (C=O) groups is 4. The Morgan fingerprint density at radius 2 is 1.05 bits per heavy atom. The Morgan fingerprint density at radius 1 is 0.800 bits per heavy atom. The summed E-state index contributed by atoms with van der Waals surface area (Å²) in [6.07, 6.45) is -2.29. The molecule has 0 spiro atoms. The van der Waals surface area contributed by atoms with E-state index in [1.807, 2.05) is 0 Å². The van der Waals surface area contributed by atoms with Gasteiger partial charge in [0.1, 0.15) is 6.61 Å². The van der Waals surface area contributed by atoms with Crippen molar-refractivity contribution >= 4 is 105 Å². The van der Waals surface area contributed by atoms with Gasteiger partial charge in [-0.15, -0.1) is 0 Å². The van der Waals surface area contributed by atoms with Crippen LogP contribution in [-0.4, -0.2) is 148 Å². The van der Waals surface area contributed by atoms with E-state index in [-0.39, 0.29) is 80.9 Å². The van der Waals surface area contributed by atoms with Gasteiger partial charge in [-0.05, 0) is 0 Å². The van der Waals surface area contributed by atoms with Gasteiger partial charge in [-0.1, -0.05) is 0 Å². The molecule has 0 fully saturated rings. The molecule has 0 aliphatic rings. The van der Waals surface area contributed by atoms with E-state index in [1.165, 1.54) is 0 Å².